The van der Waals surface area contributed by atoms with Crippen molar-refractivity contribution in [1.29, 1.82) is 0 Å². The number of aliphatic imine (C=N–C) groups is 1. The fraction of sp³-hybridized carbons (Fsp3) is 0.375. The van der Waals surface area contributed by atoms with Gasteiger partial charge in [-0.25, -0.2) is 4.99 Å². The second kappa shape index (κ2) is 9.96. The summed E-state index contributed by atoms with van der Waals surface area (Å²) in [6.07, 6.45) is 12.8. The first-order valence-corrected chi connectivity index (χ1v) is 9.70. The second-order valence-corrected chi connectivity index (χ2v) is 6.97. The maximum absolute atomic E-state index is 4.71. The predicted molar refractivity (Wildman–Crippen MR) is 115 cm³/mol. The van der Waals surface area contributed by atoms with E-state index in [-0.39, 0.29) is 0 Å². The Morgan fingerprint density at radius 1 is 1.00 bits per heavy atom. The second-order valence-electron chi connectivity index (χ2n) is 6.97. The highest BCUT2D eigenvalue weighted by atomic mass is 15.0. The highest BCUT2D eigenvalue weighted by molar-refractivity contribution is 6.00. The number of amidine groups is 1. The molecule has 26 heavy (non-hydrogen) atoms. The van der Waals surface area contributed by atoms with E-state index in [1.807, 2.05) is 6.20 Å². The molecule has 0 spiro atoms. The van der Waals surface area contributed by atoms with E-state index in [1.165, 1.54) is 16.7 Å². The van der Waals surface area contributed by atoms with Gasteiger partial charge in [-0.05, 0) is 48.3 Å². The lowest BCUT2D eigenvalue weighted by Crippen LogP contribution is -2.23. The summed E-state index contributed by atoms with van der Waals surface area (Å²) in [6.45, 7) is 11.0. The zero-order valence-electron chi connectivity index (χ0n) is 16.8. The molecule has 2 heteroatoms. The van der Waals surface area contributed by atoms with E-state index in [4.69, 9.17) is 4.99 Å². The summed E-state index contributed by atoms with van der Waals surface area (Å²) in [5, 5.41) is 3.50. The first kappa shape index (κ1) is 20.0. The fourth-order valence-electron chi connectivity index (χ4n) is 3.03. The van der Waals surface area contributed by atoms with Crippen molar-refractivity contribution in [2.45, 2.75) is 47.5 Å². The van der Waals surface area contributed by atoms with Crippen molar-refractivity contribution in [1.82, 2.24) is 5.32 Å². The number of benzene rings is 1. The molecule has 0 saturated carbocycles. The van der Waals surface area contributed by atoms with Crippen LogP contribution in [0.15, 0.2) is 77.1 Å². The minimum absolute atomic E-state index is 0.480. The van der Waals surface area contributed by atoms with Gasteiger partial charge >= 0.3 is 0 Å². The summed E-state index contributed by atoms with van der Waals surface area (Å²) < 4.78 is 0. The van der Waals surface area contributed by atoms with Gasteiger partial charge in [-0.2, -0.15) is 0 Å². The Hall–Kier alpha value is -2.35. The Morgan fingerprint density at radius 3 is 2.31 bits per heavy atom. The topological polar surface area (TPSA) is 24.4 Å². The van der Waals surface area contributed by atoms with Gasteiger partial charge in [0.1, 0.15) is 5.84 Å². The van der Waals surface area contributed by atoms with Crippen LogP contribution in [0.3, 0.4) is 0 Å². The number of nitrogens with zero attached hydrogens (tertiary/aromatic N) is 1. The molecular weight excluding hydrogens is 316 g/mol. The van der Waals surface area contributed by atoms with Crippen molar-refractivity contribution in [3.8, 4) is 0 Å². The molecule has 0 aromatic heterocycles. The van der Waals surface area contributed by atoms with Crippen LogP contribution in [-0.2, 0) is 0 Å². The third-order valence-corrected chi connectivity index (χ3v) is 4.95. The van der Waals surface area contributed by atoms with Gasteiger partial charge < -0.3 is 5.32 Å². The Labute approximate surface area is 159 Å². The third kappa shape index (κ3) is 5.59. The van der Waals surface area contributed by atoms with Gasteiger partial charge in [-0.15, -0.1) is 0 Å². The Balaban J connectivity index is 2.34. The Bertz CT molecular complexity index is 733. The Morgan fingerprint density at radius 2 is 1.65 bits per heavy atom. The van der Waals surface area contributed by atoms with Crippen LogP contribution in [0.25, 0.3) is 5.57 Å². The van der Waals surface area contributed by atoms with Crippen LogP contribution in [0.2, 0.25) is 0 Å². The minimum Gasteiger partial charge on any atom is -0.344 e. The SMILES string of the molecule is CCC(=C\C=C(/CC)c1ccccc1)/C1=N\C=C\C(C)C(C)/C=C(\C)N1. The zero-order valence-corrected chi connectivity index (χ0v) is 16.8. The highest BCUT2D eigenvalue weighted by Crippen LogP contribution is 2.20. The number of nitrogens with one attached hydrogen (secondary N) is 1. The standard InChI is InChI=1S/C24H32N2/c1-6-21(23-11-9-8-10-12-23)13-14-22(7-2)24-25-16-15-18(3)19(4)17-20(5)26-24/h8-19H,6-7H2,1-5H3,(H,25,26)/b16-15+,20-17+,21-13+,22-14+. The number of rotatable bonds is 5. The molecular formula is C24H32N2. The van der Waals surface area contributed by atoms with Crippen LogP contribution < -0.4 is 5.32 Å². The molecule has 138 valence electrons. The molecule has 2 nitrogen and oxygen atoms in total. The summed E-state index contributed by atoms with van der Waals surface area (Å²) >= 11 is 0. The summed E-state index contributed by atoms with van der Waals surface area (Å²) in [5.74, 6) is 1.92. The van der Waals surface area contributed by atoms with Gasteiger partial charge in [-0.3, -0.25) is 0 Å². The number of allylic oxidation sites excluding steroid dienone is 6. The summed E-state index contributed by atoms with van der Waals surface area (Å²) in [5.41, 5.74) is 5.00. The van der Waals surface area contributed by atoms with E-state index in [9.17, 15) is 0 Å². The molecule has 1 aliphatic heterocycles. The van der Waals surface area contributed by atoms with Crippen molar-refractivity contribution in [3.05, 3.63) is 77.7 Å². The van der Waals surface area contributed by atoms with E-state index in [0.717, 1.165) is 24.4 Å². The molecule has 2 unspecified atom stereocenters. The molecule has 1 aromatic rings. The maximum atomic E-state index is 4.71. The highest BCUT2D eigenvalue weighted by Gasteiger charge is 2.11. The van der Waals surface area contributed by atoms with Crippen LogP contribution in [0, 0.1) is 11.8 Å². The first-order valence-electron chi connectivity index (χ1n) is 9.70. The van der Waals surface area contributed by atoms with Crippen molar-refractivity contribution < 1.29 is 0 Å². The molecule has 0 amide bonds. The van der Waals surface area contributed by atoms with Gasteiger partial charge in [0.15, 0.2) is 0 Å². The lowest BCUT2D eigenvalue weighted by Gasteiger charge is -2.14. The van der Waals surface area contributed by atoms with Gasteiger partial charge in [0.05, 0.1) is 0 Å². The predicted octanol–water partition coefficient (Wildman–Crippen LogP) is 6.51. The van der Waals surface area contributed by atoms with Gasteiger partial charge in [-0.1, -0.05) is 82.3 Å². The minimum atomic E-state index is 0.480. The Kier molecular flexibility index (Phi) is 7.65. The van der Waals surface area contributed by atoms with E-state index in [2.05, 4.69) is 94.6 Å². The van der Waals surface area contributed by atoms with Gasteiger partial charge in [0.2, 0.25) is 0 Å². The van der Waals surface area contributed by atoms with Crippen molar-refractivity contribution >= 4 is 11.4 Å². The van der Waals surface area contributed by atoms with E-state index in [1.54, 1.807) is 0 Å². The average Bonchev–Trinajstić information content (AvgIpc) is 2.70. The van der Waals surface area contributed by atoms with Crippen molar-refractivity contribution in [2.75, 3.05) is 0 Å². The van der Waals surface area contributed by atoms with E-state index in [0.29, 0.717) is 11.8 Å². The molecule has 0 bridgehead atoms. The van der Waals surface area contributed by atoms with Crippen LogP contribution in [0.1, 0.15) is 53.0 Å². The first-order chi connectivity index (χ1) is 12.5. The molecule has 0 aliphatic carbocycles. The molecule has 1 aromatic carbocycles. The molecule has 1 heterocycles. The summed E-state index contributed by atoms with van der Waals surface area (Å²) in [6, 6.07) is 10.6. The molecule has 0 fully saturated rings. The fourth-order valence-corrected chi connectivity index (χ4v) is 3.03. The number of hydrogen-bond donors (Lipinski definition) is 1. The molecule has 1 aliphatic rings. The largest absolute Gasteiger partial charge is 0.344 e. The van der Waals surface area contributed by atoms with Crippen LogP contribution >= 0.6 is 0 Å². The molecule has 1 N–H and O–H groups in total. The van der Waals surface area contributed by atoms with Gasteiger partial charge in [0, 0.05) is 11.9 Å². The number of hydrogen-bond acceptors (Lipinski definition) is 2. The van der Waals surface area contributed by atoms with E-state index >= 15 is 0 Å². The van der Waals surface area contributed by atoms with E-state index < -0.39 is 0 Å². The lowest BCUT2D eigenvalue weighted by atomic mass is 9.95. The van der Waals surface area contributed by atoms with Crippen LogP contribution in [-0.4, -0.2) is 5.84 Å². The average molecular weight is 349 g/mol. The van der Waals surface area contributed by atoms with Crippen molar-refractivity contribution in [3.63, 3.8) is 0 Å². The van der Waals surface area contributed by atoms with Crippen LogP contribution in [0.5, 0.6) is 0 Å². The maximum Gasteiger partial charge on any atom is 0.133 e. The molecule has 0 saturated heterocycles. The zero-order chi connectivity index (χ0) is 18.9. The van der Waals surface area contributed by atoms with Crippen molar-refractivity contribution in [2.24, 2.45) is 16.8 Å². The quantitative estimate of drug-likeness (QED) is 0.603. The summed E-state index contributed by atoms with van der Waals surface area (Å²) in [7, 11) is 0. The normalized spacial score (nSPS) is 27.1. The monoisotopic (exact) mass is 348 g/mol. The van der Waals surface area contributed by atoms with Crippen LogP contribution in [0.4, 0.5) is 0 Å². The molecule has 0 radical (unpaired) electrons. The van der Waals surface area contributed by atoms with Gasteiger partial charge in [0.25, 0.3) is 0 Å². The molecule has 2 atom stereocenters. The smallest absolute Gasteiger partial charge is 0.133 e. The molecule has 2 rings (SSSR count). The third-order valence-electron chi connectivity index (χ3n) is 4.95. The summed E-state index contributed by atoms with van der Waals surface area (Å²) in [4.78, 5) is 4.71. The lowest BCUT2D eigenvalue weighted by molar-refractivity contribution is 0.553.